The minimum Gasteiger partial charge on any atom is -0.489 e. The molecule has 0 spiro atoms. The van der Waals surface area contributed by atoms with Crippen LogP contribution in [0.1, 0.15) is 21.5 Å². The monoisotopic (exact) mass is 380 g/mol. The van der Waals surface area contributed by atoms with Crippen molar-refractivity contribution in [2.45, 2.75) is 6.61 Å². The third kappa shape index (κ3) is 3.71. The van der Waals surface area contributed by atoms with Crippen LogP contribution in [0.25, 0.3) is 6.08 Å². The second kappa shape index (κ2) is 7.25. The van der Waals surface area contributed by atoms with Gasteiger partial charge in [-0.05, 0) is 42.0 Å². The van der Waals surface area contributed by atoms with Crippen molar-refractivity contribution in [3.63, 3.8) is 0 Å². The van der Waals surface area contributed by atoms with Gasteiger partial charge in [0.2, 0.25) is 5.78 Å². The van der Waals surface area contributed by atoms with Gasteiger partial charge in [0.25, 0.3) is 0 Å². The minimum absolute atomic E-state index is 0.0879. The fourth-order valence-corrected chi connectivity index (χ4v) is 2.86. The summed E-state index contributed by atoms with van der Waals surface area (Å²) in [5.41, 5.74) is 1.70. The Kier molecular flexibility index (Phi) is 4.65. The predicted molar refractivity (Wildman–Crippen MR) is 102 cm³/mol. The molecule has 1 aliphatic rings. The molecule has 0 saturated heterocycles. The van der Waals surface area contributed by atoms with E-state index in [9.17, 15) is 9.18 Å². The van der Waals surface area contributed by atoms with Crippen LogP contribution in [0.5, 0.6) is 11.5 Å². The first kappa shape index (κ1) is 17.3. The Bertz CT molecular complexity index is 1040. The number of benzene rings is 3. The van der Waals surface area contributed by atoms with Crippen LogP contribution in [0.4, 0.5) is 4.39 Å². The van der Waals surface area contributed by atoms with E-state index in [0.717, 1.165) is 5.56 Å². The molecule has 0 bridgehead atoms. The maximum absolute atomic E-state index is 13.8. The number of allylic oxidation sites excluding steroid dienone is 1. The van der Waals surface area contributed by atoms with Crippen LogP contribution >= 0.6 is 11.6 Å². The van der Waals surface area contributed by atoms with E-state index in [1.807, 2.05) is 12.1 Å². The summed E-state index contributed by atoms with van der Waals surface area (Å²) in [7, 11) is 0. The molecule has 3 aromatic rings. The van der Waals surface area contributed by atoms with E-state index in [4.69, 9.17) is 21.1 Å². The van der Waals surface area contributed by atoms with Gasteiger partial charge in [0.05, 0.1) is 5.56 Å². The first-order valence-corrected chi connectivity index (χ1v) is 8.68. The number of ether oxygens (including phenoxy) is 2. The van der Waals surface area contributed by atoms with Gasteiger partial charge in [-0.2, -0.15) is 0 Å². The lowest BCUT2D eigenvalue weighted by molar-refractivity contribution is 0.101. The summed E-state index contributed by atoms with van der Waals surface area (Å²) in [5, 5.41) is 0.664. The zero-order valence-electron chi connectivity index (χ0n) is 14.1. The summed E-state index contributed by atoms with van der Waals surface area (Å²) in [6, 6.07) is 18.6. The fraction of sp³-hybridized carbons (Fsp3) is 0.0455. The van der Waals surface area contributed by atoms with Crippen molar-refractivity contribution in [3.05, 3.63) is 100 Å². The average Bonchev–Trinajstić information content (AvgIpc) is 2.98. The number of hydrogen-bond donors (Lipinski definition) is 0. The average molecular weight is 381 g/mol. The molecule has 0 saturated carbocycles. The van der Waals surface area contributed by atoms with Crippen LogP contribution in [0.3, 0.4) is 0 Å². The maximum atomic E-state index is 13.8. The molecule has 5 heteroatoms. The minimum atomic E-state index is -0.413. The molecule has 1 aliphatic heterocycles. The molecule has 0 N–H and O–H groups in total. The molecule has 4 rings (SSSR count). The van der Waals surface area contributed by atoms with E-state index in [1.54, 1.807) is 48.5 Å². The second-order valence-electron chi connectivity index (χ2n) is 6.03. The maximum Gasteiger partial charge on any atom is 0.231 e. The fourth-order valence-electron chi connectivity index (χ4n) is 2.74. The Morgan fingerprint density at radius 2 is 1.81 bits per heavy atom. The van der Waals surface area contributed by atoms with E-state index in [0.29, 0.717) is 34.3 Å². The molecular formula is C22H14ClFO3. The summed E-state index contributed by atoms with van der Waals surface area (Å²) in [6.45, 7) is 0.363. The smallest absolute Gasteiger partial charge is 0.231 e. The zero-order chi connectivity index (χ0) is 18.8. The number of halogens is 2. The first-order valence-electron chi connectivity index (χ1n) is 8.30. The highest BCUT2D eigenvalue weighted by atomic mass is 35.5. The molecule has 0 amide bonds. The Morgan fingerprint density at radius 1 is 1.04 bits per heavy atom. The molecule has 0 fully saturated rings. The third-order valence-corrected chi connectivity index (χ3v) is 4.40. The Labute approximate surface area is 160 Å². The topological polar surface area (TPSA) is 35.5 Å². The quantitative estimate of drug-likeness (QED) is 0.547. The van der Waals surface area contributed by atoms with Crippen molar-refractivity contribution in [1.82, 2.24) is 0 Å². The summed E-state index contributed by atoms with van der Waals surface area (Å²) in [4.78, 5) is 12.5. The van der Waals surface area contributed by atoms with Gasteiger partial charge in [0.1, 0.15) is 23.9 Å². The van der Waals surface area contributed by atoms with Gasteiger partial charge >= 0.3 is 0 Å². The highest BCUT2D eigenvalue weighted by Crippen LogP contribution is 2.35. The number of Topliss-reactive ketones (excluding diaryl/α,β-unsaturated/α-hetero) is 1. The van der Waals surface area contributed by atoms with Gasteiger partial charge in [-0.15, -0.1) is 0 Å². The number of hydrogen-bond acceptors (Lipinski definition) is 3. The van der Waals surface area contributed by atoms with Crippen molar-refractivity contribution >= 4 is 23.5 Å². The molecule has 0 unspecified atom stereocenters. The number of fused-ring (bicyclic) bond motifs is 1. The molecular weight excluding hydrogens is 367 g/mol. The number of rotatable bonds is 4. The Morgan fingerprint density at radius 3 is 2.59 bits per heavy atom. The number of carbonyl (C=O) groups is 1. The highest BCUT2D eigenvalue weighted by Gasteiger charge is 2.28. The lowest BCUT2D eigenvalue weighted by atomic mass is 10.1. The second-order valence-corrected chi connectivity index (χ2v) is 6.47. The van der Waals surface area contributed by atoms with E-state index in [-0.39, 0.29) is 11.5 Å². The van der Waals surface area contributed by atoms with E-state index >= 15 is 0 Å². The summed E-state index contributed by atoms with van der Waals surface area (Å²) in [6.07, 6.45) is 1.41. The van der Waals surface area contributed by atoms with E-state index in [2.05, 4.69) is 0 Å². The number of carbonyl (C=O) groups excluding carboxylic acids is 1. The summed E-state index contributed by atoms with van der Waals surface area (Å²) in [5.74, 6) is 0.367. The van der Waals surface area contributed by atoms with Gasteiger partial charge in [-0.25, -0.2) is 4.39 Å². The molecule has 0 radical (unpaired) electrons. The molecule has 134 valence electrons. The Hall–Kier alpha value is -3.11. The molecule has 0 aliphatic carbocycles. The van der Waals surface area contributed by atoms with Gasteiger partial charge in [0.15, 0.2) is 5.76 Å². The van der Waals surface area contributed by atoms with Crippen molar-refractivity contribution in [2.24, 2.45) is 0 Å². The third-order valence-electron chi connectivity index (χ3n) is 4.15. The summed E-state index contributed by atoms with van der Waals surface area (Å²) < 4.78 is 25.2. The van der Waals surface area contributed by atoms with Crippen LogP contribution < -0.4 is 9.47 Å². The lowest BCUT2D eigenvalue weighted by Gasteiger charge is -2.07. The predicted octanol–water partition coefficient (Wildman–Crippen LogP) is 5.67. The van der Waals surface area contributed by atoms with Crippen molar-refractivity contribution in [3.8, 4) is 11.5 Å². The van der Waals surface area contributed by atoms with Crippen molar-refractivity contribution < 1.29 is 18.7 Å². The van der Waals surface area contributed by atoms with Crippen LogP contribution in [0.15, 0.2) is 72.5 Å². The van der Waals surface area contributed by atoms with Gasteiger partial charge < -0.3 is 9.47 Å². The van der Waals surface area contributed by atoms with Crippen LogP contribution in [-0.2, 0) is 6.61 Å². The zero-order valence-corrected chi connectivity index (χ0v) is 14.9. The normalized spacial score (nSPS) is 14.1. The molecule has 1 heterocycles. The Balaban J connectivity index is 1.52. The van der Waals surface area contributed by atoms with E-state index < -0.39 is 5.82 Å². The molecule has 0 aromatic heterocycles. The molecule has 3 nitrogen and oxygen atoms in total. The lowest BCUT2D eigenvalue weighted by Crippen LogP contribution is -1.98. The van der Waals surface area contributed by atoms with E-state index in [1.165, 1.54) is 12.1 Å². The van der Waals surface area contributed by atoms with Gasteiger partial charge in [-0.3, -0.25) is 4.79 Å². The summed E-state index contributed by atoms with van der Waals surface area (Å²) >= 11 is 5.87. The molecule has 0 atom stereocenters. The largest absolute Gasteiger partial charge is 0.489 e. The SMILES string of the molecule is O=C1C(=Cc2ccccc2F)Oc2cc(OCc3ccc(Cl)cc3)ccc21. The standard InChI is InChI=1S/C22H14ClFO3/c23-16-7-5-14(6-8-16)13-26-17-9-10-18-20(12-17)27-21(22(18)25)11-15-3-1-2-4-19(15)24/h1-12H,13H2. The number of ketones is 1. The molecule has 27 heavy (non-hydrogen) atoms. The highest BCUT2D eigenvalue weighted by molar-refractivity contribution is 6.30. The van der Waals surface area contributed by atoms with Gasteiger partial charge in [0, 0.05) is 16.7 Å². The molecule has 3 aromatic carbocycles. The van der Waals surface area contributed by atoms with Crippen LogP contribution in [0, 0.1) is 5.82 Å². The van der Waals surface area contributed by atoms with Gasteiger partial charge in [-0.1, -0.05) is 41.9 Å². The van der Waals surface area contributed by atoms with Crippen LogP contribution in [-0.4, -0.2) is 5.78 Å². The van der Waals surface area contributed by atoms with Crippen LogP contribution in [0.2, 0.25) is 5.02 Å². The first-order chi connectivity index (χ1) is 13.1. The van der Waals surface area contributed by atoms with Crippen molar-refractivity contribution in [1.29, 1.82) is 0 Å². The van der Waals surface area contributed by atoms with Crippen molar-refractivity contribution in [2.75, 3.05) is 0 Å².